The minimum absolute atomic E-state index is 0.0350. The summed E-state index contributed by atoms with van der Waals surface area (Å²) in [6.07, 6.45) is -0.896. The zero-order valence-corrected chi connectivity index (χ0v) is 18.5. The molecule has 1 saturated heterocycles. The van der Waals surface area contributed by atoms with Crippen LogP contribution in [0.15, 0.2) is 0 Å². The van der Waals surface area contributed by atoms with Crippen molar-refractivity contribution in [3.63, 3.8) is 0 Å². The highest BCUT2D eigenvalue weighted by Crippen LogP contribution is 2.11. The summed E-state index contributed by atoms with van der Waals surface area (Å²) in [5, 5.41) is 41.6. The first-order valence-corrected chi connectivity index (χ1v) is 10.8. The number of aliphatic hydroxyl groups excluding tert-OH is 1. The average molecular weight is 465 g/mol. The van der Waals surface area contributed by atoms with Crippen LogP contribution in [0.4, 0.5) is 0 Å². The normalized spacial score (nSPS) is 23.1. The number of aliphatic hydroxyl groups is 1. The van der Waals surface area contributed by atoms with Crippen molar-refractivity contribution < 1.29 is 44.0 Å². The third kappa shape index (κ3) is 12.2. The van der Waals surface area contributed by atoms with Gasteiger partial charge in [-0.1, -0.05) is 0 Å². The Bertz CT molecular complexity index is 596. The molecule has 0 aromatic rings. The number of hydrogen-bond donors (Lipinski definition) is 6. The molecule has 1 rings (SSSR count). The van der Waals surface area contributed by atoms with Crippen LogP contribution in [0.3, 0.4) is 0 Å². The highest BCUT2D eigenvalue weighted by Gasteiger charge is 2.34. The van der Waals surface area contributed by atoms with Gasteiger partial charge in [0.15, 0.2) is 6.54 Å². The molecule has 13 heteroatoms. The zero-order chi connectivity index (χ0) is 24.0. The van der Waals surface area contributed by atoms with E-state index >= 15 is 0 Å². The molecule has 0 saturated carbocycles. The lowest BCUT2D eigenvalue weighted by Crippen LogP contribution is -2.61. The van der Waals surface area contributed by atoms with Crippen LogP contribution >= 0.6 is 0 Å². The summed E-state index contributed by atoms with van der Waals surface area (Å²) < 4.78 is 5.36. The van der Waals surface area contributed by atoms with Gasteiger partial charge in [-0.3, -0.25) is 19.4 Å². The minimum atomic E-state index is -1.02. The smallest absolute Gasteiger partial charge is 0.359 e. The van der Waals surface area contributed by atoms with Crippen LogP contribution in [-0.2, 0) is 19.1 Å². The maximum absolute atomic E-state index is 11.7. The fourth-order valence-corrected chi connectivity index (χ4v) is 3.84. The molecule has 0 radical (unpaired) electrons. The Morgan fingerprint density at radius 1 is 0.938 bits per heavy atom. The molecule has 0 aliphatic carbocycles. The van der Waals surface area contributed by atoms with Gasteiger partial charge in [0.25, 0.3) is 0 Å². The lowest BCUT2D eigenvalue weighted by molar-refractivity contribution is -0.922. The molecule has 32 heavy (non-hydrogen) atoms. The van der Waals surface area contributed by atoms with Gasteiger partial charge >= 0.3 is 17.9 Å². The van der Waals surface area contributed by atoms with Crippen molar-refractivity contribution in [1.82, 2.24) is 15.1 Å². The quantitative estimate of drug-likeness (QED) is 0.124. The minimum Gasteiger partial charge on any atom is -0.480 e. The number of rotatable bonds is 12. The largest absolute Gasteiger partial charge is 0.480 e. The van der Waals surface area contributed by atoms with E-state index < -0.39 is 24.0 Å². The second-order valence-corrected chi connectivity index (χ2v) is 8.13. The molecule has 2 unspecified atom stereocenters. The monoisotopic (exact) mass is 464 g/mol. The number of nitrogens with two attached hydrogens (primary N) is 1. The van der Waals surface area contributed by atoms with E-state index in [0.29, 0.717) is 52.4 Å². The van der Waals surface area contributed by atoms with E-state index in [1.54, 1.807) is 9.80 Å². The molecule has 0 amide bonds. The maximum Gasteiger partial charge on any atom is 0.359 e. The van der Waals surface area contributed by atoms with E-state index in [4.69, 9.17) is 15.6 Å². The van der Waals surface area contributed by atoms with Crippen LogP contribution in [-0.4, -0.2) is 157 Å². The van der Waals surface area contributed by atoms with Crippen LogP contribution in [0.1, 0.15) is 0 Å². The Balaban J connectivity index is 2.98. The number of carboxylic acids is 3. The second kappa shape index (κ2) is 15.1. The average Bonchev–Trinajstić information content (AvgIpc) is 2.67. The van der Waals surface area contributed by atoms with Gasteiger partial charge in [0.05, 0.1) is 39.4 Å². The van der Waals surface area contributed by atoms with Crippen LogP contribution in [0, 0.1) is 0 Å². The highest BCUT2D eigenvalue weighted by atomic mass is 16.5. The molecule has 2 atom stereocenters. The summed E-state index contributed by atoms with van der Waals surface area (Å²) in [4.78, 5) is 37.5. The predicted molar refractivity (Wildman–Crippen MR) is 114 cm³/mol. The van der Waals surface area contributed by atoms with Crippen molar-refractivity contribution in [2.75, 3.05) is 98.3 Å². The number of aliphatic carboxylic acids is 3. The number of carbonyl (C=O) groups is 3. The van der Waals surface area contributed by atoms with Crippen molar-refractivity contribution in [2.45, 2.75) is 6.10 Å². The lowest BCUT2D eigenvalue weighted by atomic mass is 10.2. The predicted octanol–water partition coefficient (Wildman–Crippen LogP) is -3.40. The van der Waals surface area contributed by atoms with E-state index in [-0.39, 0.29) is 50.4 Å². The van der Waals surface area contributed by atoms with Crippen molar-refractivity contribution in [2.24, 2.45) is 5.73 Å². The third-order valence-electron chi connectivity index (χ3n) is 5.35. The molecule has 0 spiro atoms. The Morgan fingerprint density at radius 3 is 2.12 bits per heavy atom. The van der Waals surface area contributed by atoms with E-state index in [2.05, 4.69) is 5.32 Å². The first kappa shape index (κ1) is 28.2. The fourth-order valence-electron chi connectivity index (χ4n) is 3.84. The van der Waals surface area contributed by atoms with Crippen LogP contribution in [0.25, 0.3) is 0 Å². The number of ether oxygens (including phenoxy) is 1. The molecule has 0 aromatic carbocycles. The number of nitrogens with one attached hydrogen (secondary N) is 1. The summed E-state index contributed by atoms with van der Waals surface area (Å²) >= 11 is 0. The van der Waals surface area contributed by atoms with E-state index in [9.17, 15) is 29.7 Å². The van der Waals surface area contributed by atoms with Gasteiger partial charge in [-0.25, -0.2) is 4.79 Å². The van der Waals surface area contributed by atoms with E-state index in [1.165, 1.54) is 0 Å². The lowest BCUT2D eigenvalue weighted by Gasteiger charge is -2.40. The summed E-state index contributed by atoms with van der Waals surface area (Å²) in [6.45, 7) is 3.30. The van der Waals surface area contributed by atoms with Crippen LogP contribution in [0.5, 0.6) is 0 Å². The second-order valence-electron chi connectivity index (χ2n) is 8.13. The van der Waals surface area contributed by atoms with Crippen molar-refractivity contribution in [1.29, 1.82) is 0 Å². The first-order chi connectivity index (χ1) is 15.2. The Labute approximate surface area is 187 Å². The molecular weight excluding hydrogens is 426 g/mol. The summed E-state index contributed by atoms with van der Waals surface area (Å²) in [5.74, 6) is -2.98. The van der Waals surface area contributed by atoms with Gasteiger partial charge in [-0.2, -0.15) is 0 Å². The number of nitrogens with zero attached hydrogens (tertiary/aromatic N) is 3. The molecule has 13 nitrogen and oxygen atoms in total. The molecule has 1 heterocycles. The molecule has 7 N–H and O–H groups in total. The van der Waals surface area contributed by atoms with Gasteiger partial charge in [0.1, 0.15) is 12.6 Å². The van der Waals surface area contributed by atoms with Crippen molar-refractivity contribution in [3.8, 4) is 0 Å². The number of carboxylic acid groups (broad SMARTS) is 3. The molecule has 1 aliphatic rings. The summed E-state index contributed by atoms with van der Waals surface area (Å²) in [6, 6.07) is 0. The van der Waals surface area contributed by atoms with Crippen LogP contribution < -0.4 is 11.1 Å². The summed E-state index contributed by atoms with van der Waals surface area (Å²) in [5.41, 5.74) is 5.39. The molecular formula is C19H38N5O8+. The van der Waals surface area contributed by atoms with Gasteiger partial charge < -0.3 is 40.7 Å². The number of hydrogen-bond acceptors (Lipinski definition) is 9. The molecule has 1 aliphatic heterocycles. The van der Waals surface area contributed by atoms with Gasteiger partial charge in [0, 0.05) is 45.8 Å². The fraction of sp³-hybridized carbons (Fsp3) is 0.842. The molecule has 1 fully saturated rings. The molecule has 0 bridgehead atoms. The standard InChI is InChI=1S/C19H37N5O8/c20-1-10-32-15-16(25)13-24(14-19(30)31)8-3-21-2-4-22(11-17(26)27)5-6-23(7-9-24)12-18(28)29/h16,21,25H,1-15,20H2,(H2-,26,27,28,29,30,31)/p+1. The van der Waals surface area contributed by atoms with E-state index in [1.807, 2.05) is 0 Å². The van der Waals surface area contributed by atoms with Crippen LogP contribution in [0.2, 0.25) is 0 Å². The highest BCUT2D eigenvalue weighted by molar-refractivity contribution is 5.69. The number of quaternary nitrogens is 1. The Kier molecular flexibility index (Phi) is 13.2. The Morgan fingerprint density at radius 2 is 1.56 bits per heavy atom. The van der Waals surface area contributed by atoms with Gasteiger partial charge in [0.2, 0.25) is 0 Å². The molecule has 186 valence electrons. The zero-order valence-electron chi connectivity index (χ0n) is 18.5. The van der Waals surface area contributed by atoms with Gasteiger partial charge in [-0.05, 0) is 0 Å². The first-order valence-electron chi connectivity index (χ1n) is 10.8. The SMILES string of the molecule is NCCOCC(O)C[N+]1(CC(=O)O)CCNCCN(CC(=O)O)CCN(CC(=O)O)CC1. The topological polar surface area (TPSA) is 186 Å². The summed E-state index contributed by atoms with van der Waals surface area (Å²) in [7, 11) is 0. The van der Waals surface area contributed by atoms with Crippen molar-refractivity contribution in [3.05, 3.63) is 0 Å². The third-order valence-corrected chi connectivity index (χ3v) is 5.35. The maximum atomic E-state index is 11.7. The van der Waals surface area contributed by atoms with Gasteiger partial charge in [-0.15, -0.1) is 0 Å². The van der Waals surface area contributed by atoms with Crippen molar-refractivity contribution >= 4 is 17.9 Å². The Hall–Kier alpha value is -1.87. The molecule has 0 aromatic heterocycles. The van der Waals surface area contributed by atoms with E-state index in [0.717, 1.165) is 0 Å².